The van der Waals surface area contributed by atoms with E-state index in [-0.39, 0.29) is 0 Å². The van der Waals surface area contributed by atoms with Crippen molar-refractivity contribution in [2.75, 3.05) is 6.61 Å². The highest BCUT2D eigenvalue weighted by atomic mass is 16.5. The van der Waals surface area contributed by atoms with Gasteiger partial charge in [-0.25, -0.2) is 4.79 Å². The second-order valence-electron chi connectivity index (χ2n) is 3.38. The number of rotatable bonds is 3. The summed E-state index contributed by atoms with van der Waals surface area (Å²) in [6.45, 7) is 9.73. The van der Waals surface area contributed by atoms with Crippen molar-refractivity contribution in [3.63, 3.8) is 0 Å². The number of carbonyl (C=O) groups excluding carboxylic acids is 2. The summed E-state index contributed by atoms with van der Waals surface area (Å²) in [7, 11) is 0. The average Bonchev–Trinajstić information content (AvgIpc) is 2.30. The van der Waals surface area contributed by atoms with Crippen molar-refractivity contribution in [1.82, 2.24) is 0 Å². The van der Waals surface area contributed by atoms with Gasteiger partial charge in [-0.1, -0.05) is 25.5 Å². The maximum absolute atomic E-state index is 11.6. The first-order chi connectivity index (χ1) is 8.10. The van der Waals surface area contributed by atoms with Crippen LogP contribution in [0.3, 0.4) is 0 Å². The molecule has 0 saturated carbocycles. The number of ether oxygens (including phenoxy) is 1. The monoisotopic (exact) mass is 236 g/mol. The number of esters is 1. The zero-order chi connectivity index (χ0) is 13.4. The number of aryl methyl sites for hydroxylation is 2. The molecule has 0 bridgehead atoms. The molecule has 1 aromatic rings. The second-order valence-corrected chi connectivity index (χ2v) is 3.38. The Kier molecular flexibility index (Phi) is 6.87. The van der Waals surface area contributed by atoms with Crippen LogP contribution in [0.4, 0.5) is 0 Å². The lowest BCUT2D eigenvalue weighted by Gasteiger charge is -2.08. The van der Waals surface area contributed by atoms with Crippen molar-refractivity contribution in [1.29, 1.82) is 0 Å². The number of carbonyl (C=O) groups is 2. The molecule has 3 nitrogen and oxygen atoms in total. The van der Waals surface area contributed by atoms with Crippen LogP contribution in [0.25, 0.3) is 0 Å². The van der Waals surface area contributed by atoms with Gasteiger partial charge in [0, 0.05) is 5.56 Å². The van der Waals surface area contributed by atoms with Crippen LogP contribution in [0.1, 0.15) is 52.6 Å². The van der Waals surface area contributed by atoms with E-state index in [0.29, 0.717) is 24.0 Å². The molecule has 0 aliphatic carbocycles. The molecule has 0 aliphatic heterocycles. The highest BCUT2D eigenvalue weighted by molar-refractivity contribution is 5.99. The highest BCUT2D eigenvalue weighted by Crippen LogP contribution is 2.16. The first-order valence-corrected chi connectivity index (χ1v) is 5.83. The van der Waals surface area contributed by atoms with Gasteiger partial charge in [-0.05, 0) is 32.4 Å². The fourth-order valence-electron chi connectivity index (χ4n) is 1.58. The van der Waals surface area contributed by atoms with Crippen LogP contribution in [-0.2, 0) is 4.74 Å². The Balaban J connectivity index is 0.00000121. The third kappa shape index (κ3) is 4.02. The van der Waals surface area contributed by atoms with Crippen molar-refractivity contribution >= 4 is 12.3 Å². The van der Waals surface area contributed by atoms with Crippen molar-refractivity contribution in [3.05, 3.63) is 34.4 Å². The van der Waals surface area contributed by atoms with Gasteiger partial charge in [0.1, 0.15) is 0 Å². The highest BCUT2D eigenvalue weighted by Gasteiger charge is 2.15. The first-order valence-electron chi connectivity index (χ1n) is 5.83. The van der Waals surface area contributed by atoms with Crippen molar-refractivity contribution in [2.45, 2.75) is 34.6 Å². The Morgan fingerprint density at radius 3 is 2.35 bits per heavy atom. The first kappa shape index (κ1) is 15.4. The van der Waals surface area contributed by atoms with Crippen molar-refractivity contribution in [2.24, 2.45) is 0 Å². The van der Waals surface area contributed by atoms with Crippen LogP contribution in [-0.4, -0.2) is 18.9 Å². The van der Waals surface area contributed by atoms with Crippen molar-refractivity contribution < 1.29 is 14.3 Å². The SMILES string of the molecule is CC.CCOC(=O)c1c(C)cc(C)cc1C=O. The van der Waals surface area contributed by atoms with E-state index in [2.05, 4.69) is 0 Å². The summed E-state index contributed by atoms with van der Waals surface area (Å²) in [5.74, 6) is -0.433. The van der Waals surface area contributed by atoms with Gasteiger partial charge in [0.2, 0.25) is 0 Å². The van der Waals surface area contributed by atoms with Gasteiger partial charge >= 0.3 is 5.97 Å². The van der Waals surface area contributed by atoms with Gasteiger partial charge in [-0.15, -0.1) is 0 Å². The van der Waals surface area contributed by atoms with Crippen LogP contribution in [0, 0.1) is 13.8 Å². The Labute approximate surface area is 103 Å². The number of hydrogen-bond acceptors (Lipinski definition) is 3. The molecule has 0 spiro atoms. The Bertz CT molecular complexity index is 395. The lowest BCUT2D eigenvalue weighted by molar-refractivity contribution is 0.0523. The Morgan fingerprint density at radius 1 is 1.29 bits per heavy atom. The maximum Gasteiger partial charge on any atom is 0.339 e. The molecule has 94 valence electrons. The number of aldehydes is 1. The second kappa shape index (κ2) is 7.60. The third-order valence-electron chi connectivity index (χ3n) is 2.12. The molecule has 0 aliphatic rings. The van der Waals surface area contributed by atoms with E-state index in [1.165, 1.54) is 0 Å². The summed E-state index contributed by atoms with van der Waals surface area (Å²) < 4.78 is 4.89. The zero-order valence-electron chi connectivity index (χ0n) is 11.2. The van der Waals surface area contributed by atoms with Gasteiger partial charge in [0.25, 0.3) is 0 Å². The normalized spacial score (nSPS) is 9.00. The molecule has 0 saturated heterocycles. The van der Waals surface area contributed by atoms with Crippen LogP contribution in [0.15, 0.2) is 12.1 Å². The number of benzene rings is 1. The fraction of sp³-hybridized carbons (Fsp3) is 0.429. The van der Waals surface area contributed by atoms with Crippen LogP contribution in [0.5, 0.6) is 0 Å². The van der Waals surface area contributed by atoms with Gasteiger partial charge in [-0.3, -0.25) is 4.79 Å². The van der Waals surface area contributed by atoms with E-state index >= 15 is 0 Å². The van der Waals surface area contributed by atoms with Crippen LogP contribution >= 0.6 is 0 Å². The molecule has 0 radical (unpaired) electrons. The molecule has 1 rings (SSSR count). The average molecular weight is 236 g/mol. The Hall–Kier alpha value is -1.64. The summed E-state index contributed by atoms with van der Waals surface area (Å²) in [4.78, 5) is 22.4. The molecular formula is C14H20O3. The minimum absolute atomic E-state index is 0.310. The molecule has 0 amide bonds. The molecule has 0 atom stereocenters. The summed E-state index contributed by atoms with van der Waals surface area (Å²) in [6.07, 6.45) is 0.687. The van der Waals surface area contributed by atoms with E-state index in [4.69, 9.17) is 4.74 Å². The van der Waals surface area contributed by atoms with Crippen LogP contribution < -0.4 is 0 Å². The summed E-state index contributed by atoms with van der Waals surface area (Å²) >= 11 is 0. The largest absolute Gasteiger partial charge is 0.462 e. The number of hydrogen-bond donors (Lipinski definition) is 0. The molecule has 0 heterocycles. The predicted octanol–water partition coefficient (Wildman–Crippen LogP) is 3.32. The molecule has 1 aromatic carbocycles. The van der Waals surface area contributed by atoms with Crippen molar-refractivity contribution in [3.8, 4) is 0 Å². The van der Waals surface area contributed by atoms with Gasteiger partial charge in [-0.2, -0.15) is 0 Å². The van der Waals surface area contributed by atoms with E-state index in [1.54, 1.807) is 19.9 Å². The standard InChI is InChI=1S/C12H14O3.C2H6/c1-4-15-12(14)11-9(3)5-8(2)6-10(11)7-13;1-2/h5-7H,4H2,1-3H3;1-2H3. The molecule has 0 unspecified atom stereocenters. The van der Waals surface area contributed by atoms with E-state index < -0.39 is 5.97 Å². The van der Waals surface area contributed by atoms with Crippen LogP contribution in [0.2, 0.25) is 0 Å². The van der Waals surface area contributed by atoms with E-state index in [0.717, 1.165) is 11.1 Å². The minimum Gasteiger partial charge on any atom is -0.462 e. The Morgan fingerprint density at radius 2 is 1.88 bits per heavy atom. The molecule has 0 fully saturated rings. The van der Waals surface area contributed by atoms with Gasteiger partial charge in [0.05, 0.1) is 12.2 Å². The lowest BCUT2D eigenvalue weighted by atomic mass is 10.00. The smallest absolute Gasteiger partial charge is 0.339 e. The molecule has 17 heavy (non-hydrogen) atoms. The molecular weight excluding hydrogens is 216 g/mol. The van der Waals surface area contributed by atoms with E-state index in [9.17, 15) is 9.59 Å². The molecule has 3 heteroatoms. The quantitative estimate of drug-likeness (QED) is 0.597. The van der Waals surface area contributed by atoms with Gasteiger partial charge < -0.3 is 4.74 Å². The minimum atomic E-state index is -0.433. The summed E-state index contributed by atoms with van der Waals surface area (Å²) in [5, 5.41) is 0. The molecule has 0 N–H and O–H groups in total. The van der Waals surface area contributed by atoms with Gasteiger partial charge in [0.15, 0.2) is 6.29 Å². The predicted molar refractivity (Wildman–Crippen MR) is 68.6 cm³/mol. The fourth-order valence-corrected chi connectivity index (χ4v) is 1.58. The summed E-state index contributed by atoms with van der Waals surface area (Å²) in [5.41, 5.74) is 2.50. The maximum atomic E-state index is 11.6. The van der Waals surface area contributed by atoms with E-state index in [1.807, 2.05) is 26.8 Å². The lowest BCUT2D eigenvalue weighted by Crippen LogP contribution is -2.10. The summed E-state index contributed by atoms with van der Waals surface area (Å²) in [6, 6.07) is 3.55. The topological polar surface area (TPSA) is 43.4 Å². The zero-order valence-corrected chi connectivity index (χ0v) is 11.2. The molecule has 0 aromatic heterocycles. The third-order valence-corrected chi connectivity index (χ3v) is 2.12.